The topological polar surface area (TPSA) is 48.7 Å². The number of anilines is 1. The largest absolute Gasteiger partial charge is 1.00 e. The highest BCUT2D eigenvalue weighted by Crippen LogP contribution is 2.21. The van der Waals surface area contributed by atoms with E-state index in [4.69, 9.17) is 4.74 Å². The number of carbonyl (C=O) groups is 1. The van der Waals surface area contributed by atoms with Gasteiger partial charge in [0.2, 0.25) is 6.54 Å². The summed E-state index contributed by atoms with van der Waals surface area (Å²) in [4.78, 5) is 11.4. The van der Waals surface area contributed by atoms with Crippen LogP contribution < -0.4 is 32.1 Å². The van der Waals surface area contributed by atoms with Crippen molar-refractivity contribution < 1.29 is 31.1 Å². The predicted molar refractivity (Wildman–Crippen MR) is 77.1 cm³/mol. The number of hydrazine groups is 2. The zero-order valence-electron chi connectivity index (χ0n) is 12.1. The van der Waals surface area contributed by atoms with E-state index in [2.05, 4.69) is 5.53 Å². The third kappa shape index (κ3) is 3.55. The van der Waals surface area contributed by atoms with E-state index < -0.39 is 0 Å². The molecule has 2 aliphatic heterocycles. The number of halogens is 1. The van der Waals surface area contributed by atoms with Gasteiger partial charge < -0.3 is 21.7 Å². The van der Waals surface area contributed by atoms with Crippen LogP contribution in [0.2, 0.25) is 0 Å². The lowest BCUT2D eigenvalue weighted by atomic mass is 10.3. The van der Waals surface area contributed by atoms with E-state index in [1.165, 1.54) is 0 Å². The van der Waals surface area contributed by atoms with Gasteiger partial charge in [0.05, 0.1) is 18.0 Å². The van der Waals surface area contributed by atoms with Gasteiger partial charge in [-0.05, 0) is 19.1 Å². The maximum absolute atomic E-state index is 11.4. The number of esters is 1. The second kappa shape index (κ2) is 7.24. The molecular weight excluding hydrogens is 348 g/mol. The first-order chi connectivity index (χ1) is 10.3. The standard InChI is InChI=1S/C15H17N4O2.BrH/c1-2-21-15(20)12-17-9-6-13(7-10-17)19-11-14-5-3-4-8-18(14)16-19;/h3-11,16H,2,12H2,1H3;1H/q+1;/p-1. The van der Waals surface area contributed by atoms with Crippen molar-refractivity contribution in [2.75, 3.05) is 11.6 Å². The van der Waals surface area contributed by atoms with Crippen molar-refractivity contribution >= 4 is 11.7 Å². The monoisotopic (exact) mass is 364 g/mol. The van der Waals surface area contributed by atoms with Crippen LogP contribution in [0.5, 0.6) is 0 Å². The van der Waals surface area contributed by atoms with E-state index in [9.17, 15) is 4.79 Å². The quantitative estimate of drug-likeness (QED) is 0.495. The molecule has 2 aliphatic rings. The van der Waals surface area contributed by atoms with Crippen LogP contribution in [0.1, 0.15) is 6.92 Å². The summed E-state index contributed by atoms with van der Waals surface area (Å²) < 4.78 is 6.72. The lowest BCUT2D eigenvalue weighted by Crippen LogP contribution is -3.00. The molecule has 0 atom stereocenters. The lowest BCUT2D eigenvalue weighted by Gasteiger charge is -2.21. The van der Waals surface area contributed by atoms with Gasteiger partial charge in [0.1, 0.15) is 0 Å². The molecule has 0 aliphatic carbocycles. The number of aromatic nitrogens is 1. The number of nitrogens with zero attached hydrogens (tertiary/aromatic N) is 3. The highest BCUT2D eigenvalue weighted by molar-refractivity contribution is 5.67. The first kappa shape index (κ1) is 16.3. The second-order valence-corrected chi connectivity index (χ2v) is 4.63. The van der Waals surface area contributed by atoms with Crippen molar-refractivity contribution in [1.29, 1.82) is 0 Å². The van der Waals surface area contributed by atoms with Gasteiger partial charge in [0.25, 0.3) is 0 Å². The SMILES string of the molecule is CCOC(=O)C[n+]1ccc(N2C=C3C=CC=CN3N2)cc1.[Br-]. The normalized spacial score (nSPS) is 15.2. The molecule has 0 fully saturated rings. The minimum atomic E-state index is -0.232. The van der Waals surface area contributed by atoms with Gasteiger partial charge in [-0.15, -0.1) is 5.53 Å². The minimum Gasteiger partial charge on any atom is -1.00 e. The van der Waals surface area contributed by atoms with Gasteiger partial charge in [0.15, 0.2) is 12.4 Å². The van der Waals surface area contributed by atoms with Gasteiger partial charge in [-0.1, -0.05) is 6.08 Å². The average Bonchev–Trinajstić information content (AvgIpc) is 2.92. The van der Waals surface area contributed by atoms with E-state index in [1.807, 2.05) is 65.2 Å². The van der Waals surface area contributed by atoms with Crippen molar-refractivity contribution in [3.05, 3.63) is 60.9 Å². The zero-order valence-corrected chi connectivity index (χ0v) is 13.7. The molecule has 3 heterocycles. The number of nitrogens with one attached hydrogen (secondary N) is 1. The van der Waals surface area contributed by atoms with Gasteiger partial charge >= 0.3 is 5.97 Å². The number of pyridine rings is 1. The second-order valence-electron chi connectivity index (χ2n) is 4.63. The van der Waals surface area contributed by atoms with Crippen molar-refractivity contribution in [2.45, 2.75) is 13.5 Å². The van der Waals surface area contributed by atoms with Crippen LogP contribution in [0, 0.1) is 0 Å². The Morgan fingerprint density at radius 1 is 1.27 bits per heavy atom. The summed E-state index contributed by atoms with van der Waals surface area (Å²) >= 11 is 0. The average molecular weight is 365 g/mol. The molecule has 0 bridgehead atoms. The van der Waals surface area contributed by atoms with Crippen LogP contribution in [0.3, 0.4) is 0 Å². The summed E-state index contributed by atoms with van der Waals surface area (Å²) in [6.07, 6.45) is 13.7. The molecule has 116 valence electrons. The number of hydrogen-bond donors (Lipinski definition) is 1. The molecule has 0 unspecified atom stereocenters. The van der Waals surface area contributed by atoms with Gasteiger partial charge in [0, 0.05) is 24.5 Å². The van der Waals surface area contributed by atoms with Gasteiger partial charge in [-0.25, -0.2) is 4.79 Å². The third-order valence-corrected chi connectivity index (χ3v) is 3.14. The Morgan fingerprint density at radius 3 is 2.73 bits per heavy atom. The Bertz CT molecular complexity index is 625. The van der Waals surface area contributed by atoms with Crippen LogP contribution in [0.15, 0.2) is 60.9 Å². The number of rotatable bonds is 4. The van der Waals surface area contributed by atoms with E-state index in [1.54, 1.807) is 11.5 Å². The van der Waals surface area contributed by atoms with Crippen molar-refractivity contribution in [1.82, 2.24) is 10.5 Å². The minimum absolute atomic E-state index is 0. The summed E-state index contributed by atoms with van der Waals surface area (Å²) in [5.74, 6) is -0.232. The summed E-state index contributed by atoms with van der Waals surface area (Å²) in [5.41, 5.74) is 5.28. The lowest BCUT2D eigenvalue weighted by molar-refractivity contribution is -0.685. The molecular formula is C15H17BrN4O2. The fourth-order valence-corrected chi connectivity index (χ4v) is 2.13. The summed E-state index contributed by atoms with van der Waals surface area (Å²) in [6, 6.07) is 3.88. The Kier molecular flexibility index (Phi) is 5.35. The molecule has 0 radical (unpaired) electrons. The fraction of sp³-hybridized carbons (Fsp3) is 0.200. The highest BCUT2D eigenvalue weighted by atomic mass is 79.9. The molecule has 1 aromatic rings. The first-order valence-corrected chi connectivity index (χ1v) is 6.82. The summed E-state index contributed by atoms with van der Waals surface area (Å²) in [7, 11) is 0. The molecule has 7 heteroatoms. The van der Waals surface area contributed by atoms with Crippen LogP contribution in [0.4, 0.5) is 5.69 Å². The third-order valence-electron chi connectivity index (χ3n) is 3.14. The van der Waals surface area contributed by atoms with Crippen LogP contribution in [-0.4, -0.2) is 17.6 Å². The molecule has 0 spiro atoms. The molecule has 0 saturated carbocycles. The van der Waals surface area contributed by atoms with Crippen molar-refractivity contribution in [3.63, 3.8) is 0 Å². The number of fused-ring (bicyclic) bond motifs is 1. The molecule has 6 nitrogen and oxygen atoms in total. The van der Waals surface area contributed by atoms with Crippen molar-refractivity contribution in [2.24, 2.45) is 0 Å². The Labute approximate surface area is 139 Å². The van der Waals surface area contributed by atoms with Gasteiger partial charge in [-0.2, -0.15) is 4.57 Å². The molecule has 3 rings (SSSR count). The fourth-order valence-electron chi connectivity index (χ4n) is 2.13. The maximum atomic E-state index is 11.4. The Hall–Kier alpha value is -2.12. The Morgan fingerprint density at radius 2 is 2.05 bits per heavy atom. The smallest absolute Gasteiger partial charge is 0.372 e. The number of ether oxygens (including phenoxy) is 1. The molecule has 22 heavy (non-hydrogen) atoms. The molecule has 1 N–H and O–H groups in total. The molecule has 0 aromatic carbocycles. The maximum Gasteiger partial charge on any atom is 0.372 e. The highest BCUT2D eigenvalue weighted by Gasteiger charge is 2.20. The number of hydrogen-bond acceptors (Lipinski definition) is 5. The predicted octanol–water partition coefficient (Wildman–Crippen LogP) is -1.99. The first-order valence-electron chi connectivity index (χ1n) is 6.82. The number of carbonyl (C=O) groups excluding carboxylic acids is 1. The summed E-state index contributed by atoms with van der Waals surface area (Å²) in [6.45, 7) is 2.43. The molecule has 0 amide bonds. The Balaban J connectivity index is 0.00000176. The van der Waals surface area contributed by atoms with Crippen LogP contribution in [-0.2, 0) is 16.1 Å². The molecule has 1 aromatic heterocycles. The zero-order chi connectivity index (χ0) is 14.7. The van der Waals surface area contributed by atoms with Crippen LogP contribution in [0.25, 0.3) is 0 Å². The number of allylic oxidation sites excluding steroid dienone is 3. The summed E-state index contributed by atoms with van der Waals surface area (Å²) in [5, 5.41) is 3.85. The van der Waals surface area contributed by atoms with E-state index >= 15 is 0 Å². The van der Waals surface area contributed by atoms with Crippen LogP contribution >= 0.6 is 0 Å². The molecule has 0 saturated heterocycles. The van der Waals surface area contributed by atoms with E-state index in [0.29, 0.717) is 6.61 Å². The van der Waals surface area contributed by atoms with Crippen molar-refractivity contribution in [3.8, 4) is 0 Å². The van der Waals surface area contributed by atoms with E-state index in [-0.39, 0.29) is 29.5 Å². The van der Waals surface area contributed by atoms with E-state index in [0.717, 1.165) is 11.4 Å². The van der Waals surface area contributed by atoms with Gasteiger partial charge in [-0.3, -0.25) is 10.0 Å².